The number of aliphatic hydroxyl groups excluding tert-OH is 1. The van der Waals surface area contributed by atoms with Crippen molar-refractivity contribution >= 4 is 17.6 Å². The van der Waals surface area contributed by atoms with E-state index in [0.717, 1.165) is 16.7 Å². The van der Waals surface area contributed by atoms with Crippen LogP contribution in [0.4, 0.5) is 5.69 Å². The number of carboxylic acid groups (broad SMARTS) is 1. The van der Waals surface area contributed by atoms with E-state index in [1.165, 1.54) is 4.90 Å². The van der Waals surface area contributed by atoms with Gasteiger partial charge in [0.25, 0.3) is 0 Å². The van der Waals surface area contributed by atoms with Crippen LogP contribution in [-0.2, 0) is 16.2 Å². The lowest BCUT2D eigenvalue weighted by Crippen LogP contribution is -2.25. The van der Waals surface area contributed by atoms with Crippen molar-refractivity contribution in [1.29, 1.82) is 5.26 Å². The molecule has 0 bridgehead atoms. The Morgan fingerprint density at radius 1 is 1.27 bits per heavy atom. The normalized spacial score (nSPS) is 16.6. The first-order valence-corrected chi connectivity index (χ1v) is 8.22. The Morgan fingerprint density at radius 3 is 2.58 bits per heavy atom. The first-order chi connectivity index (χ1) is 12.4. The van der Waals surface area contributed by atoms with Crippen LogP contribution >= 0.6 is 0 Å². The van der Waals surface area contributed by atoms with Gasteiger partial charge in [-0.3, -0.25) is 9.59 Å². The summed E-state index contributed by atoms with van der Waals surface area (Å²) in [5.74, 6) is -1.83. The second-order valence-electron chi connectivity index (χ2n) is 6.38. The van der Waals surface area contributed by atoms with Gasteiger partial charge in [0.1, 0.15) is 0 Å². The number of benzene rings is 2. The number of aryl methyl sites for hydroxylation is 1. The van der Waals surface area contributed by atoms with E-state index in [9.17, 15) is 14.7 Å². The summed E-state index contributed by atoms with van der Waals surface area (Å²) in [6, 6.07) is 12.7. The zero-order valence-electron chi connectivity index (χ0n) is 14.3. The maximum atomic E-state index is 12.1. The van der Waals surface area contributed by atoms with Crippen LogP contribution in [-0.4, -0.2) is 28.6 Å². The molecule has 1 aliphatic rings. The summed E-state index contributed by atoms with van der Waals surface area (Å²) in [5, 5.41) is 27.7. The summed E-state index contributed by atoms with van der Waals surface area (Å²) in [6.07, 6.45) is 0.0143. The van der Waals surface area contributed by atoms with Gasteiger partial charge in [0, 0.05) is 18.7 Å². The molecule has 1 aliphatic heterocycles. The molecule has 2 aromatic carbocycles. The van der Waals surface area contributed by atoms with Gasteiger partial charge in [0.2, 0.25) is 5.91 Å². The number of carbonyl (C=O) groups is 2. The zero-order valence-corrected chi connectivity index (χ0v) is 14.3. The number of hydrogen-bond acceptors (Lipinski definition) is 4. The molecule has 0 saturated carbocycles. The van der Waals surface area contributed by atoms with Gasteiger partial charge in [-0.25, -0.2) is 0 Å². The maximum absolute atomic E-state index is 12.1. The predicted octanol–water partition coefficient (Wildman–Crippen LogP) is 2.46. The van der Waals surface area contributed by atoms with Gasteiger partial charge in [0.05, 0.1) is 24.2 Å². The van der Waals surface area contributed by atoms with E-state index in [4.69, 9.17) is 10.4 Å². The highest BCUT2D eigenvalue weighted by Gasteiger charge is 2.35. The van der Waals surface area contributed by atoms with E-state index >= 15 is 0 Å². The second kappa shape index (κ2) is 6.98. The van der Waals surface area contributed by atoms with E-state index < -0.39 is 11.9 Å². The highest BCUT2D eigenvalue weighted by molar-refractivity contribution is 5.99. The fraction of sp³-hybridized carbons (Fsp3) is 0.250. The van der Waals surface area contributed by atoms with E-state index in [-0.39, 0.29) is 25.5 Å². The third kappa shape index (κ3) is 3.17. The first kappa shape index (κ1) is 17.6. The number of aliphatic hydroxyl groups is 1. The van der Waals surface area contributed by atoms with E-state index in [1.807, 2.05) is 19.1 Å². The van der Waals surface area contributed by atoms with Crippen molar-refractivity contribution in [3.05, 3.63) is 53.1 Å². The second-order valence-corrected chi connectivity index (χ2v) is 6.38. The van der Waals surface area contributed by atoms with Gasteiger partial charge in [-0.15, -0.1) is 0 Å². The quantitative estimate of drug-likeness (QED) is 0.882. The lowest BCUT2D eigenvalue weighted by atomic mass is 9.94. The molecule has 6 heteroatoms. The molecule has 0 aliphatic carbocycles. The fourth-order valence-electron chi connectivity index (χ4n) is 3.30. The molecule has 3 rings (SSSR count). The molecule has 1 amide bonds. The molecular weight excluding hydrogens is 332 g/mol. The summed E-state index contributed by atoms with van der Waals surface area (Å²) < 4.78 is 0. The fourth-order valence-corrected chi connectivity index (χ4v) is 3.30. The molecule has 1 fully saturated rings. The topological polar surface area (TPSA) is 102 Å². The van der Waals surface area contributed by atoms with Crippen LogP contribution in [0.5, 0.6) is 0 Å². The van der Waals surface area contributed by atoms with Gasteiger partial charge in [-0.1, -0.05) is 12.1 Å². The van der Waals surface area contributed by atoms with E-state index in [2.05, 4.69) is 6.07 Å². The Balaban J connectivity index is 1.95. The van der Waals surface area contributed by atoms with Crippen molar-refractivity contribution in [2.24, 2.45) is 5.92 Å². The Labute approximate surface area is 150 Å². The molecule has 1 atom stereocenters. The summed E-state index contributed by atoms with van der Waals surface area (Å²) in [4.78, 5) is 24.8. The van der Waals surface area contributed by atoms with Crippen molar-refractivity contribution in [3.63, 3.8) is 0 Å². The molecule has 1 unspecified atom stereocenters. The van der Waals surface area contributed by atoms with Crippen LogP contribution in [0.25, 0.3) is 11.1 Å². The number of aliphatic carboxylic acids is 1. The molecule has 0 spiro atoms. The van der Waals surface area contributed by atoms with Crippen LogP contribution < -0.4 is 4.90 Å². The monoisotopic (exact) mass is 350 g/mol. The minimum atomic E-state index is -0.959. The number of carbonyl (C=O) groups excluding carboxylic acids is 1. The number of carboxylic acids is 1. The lowest BCUT2D eigenvalue weighted by Gasteiger charge is -2.19. The minimum absolute atomic E-state index is 0.0143. The van der Waals surface area contributed by atoms with Crippen LogP contribution in [0, 0.1) is 24.2 Å². The van der Waals surface area contributed by atoms with Gasteiger partial charge < -0.3 is 15.1 Å². The summed E-state index contributed by atoms with van der Waals surface area (Å²) in [5.41, 5.74) is 4.42. The summed E-state index contributed by atoms with van der Waals surface area (Å²) in [7, 11) is 0. The van der Waals surface area contributed by atoms with E-state index in [1.54, 1.807) is 24.3 Å². The largest absolute Gasteiger partial charge is 0.481 e. The van der Waals surface area contributed by atoms with Gasteiger partial charge in [0.15, 0.2) is 0 Å². The number of hydrogen-bond donors (Lipinski definition) is 2. The third-order valence-corrected chi connectivity index (χ3v) is 4.69. The molecule has 2 aromatic rings. The van der Waals surface area contributed by atoms with Gasteiger partial charge in [-0.2, -0.15) is 5.26 Å². The van der Waals surface area contributed by atoms with Crippen molar-refractivity contribution in [3.8, 4) is 17.2 Å². The van der Waals surface area contributed by atoms with Crippen LogP contribution in [0.2, 0.25) is 0 Å². The van der Waals surface area contributed by atoms with Crippen molar-refractivity contribution in [2.45, 2.75) is 20.0 Å². The van der Waals surface area contributed by atoms with Crippen LogP contribution in [0.1, 0.15) is 23.1 Å². The number of rotatable bonds is 4. The Bertz CT molecular complexity index is 930. The van der Waals surface area contributed by atoms with E-state index in [0.29, 0.717) is 16.8 Å². The number of nitrogens with zero attached hydrogens (tertiary/aromatic N) is 2. The average Bonchev–Trinajstić information content (AvgIpc) is 3.03. The predicted molar refractivity (Wildman–Crippen MR) is 95.3 cm³/mol. The summed E-state index contributed by atoms with van der Waals surface area (Å²) >= 11 is 0. The molecule has 26 heavy (non-hydrogen) atoms. The zero-order chi connectivity index (χ0) is 18.8. The maximum Gasteiger partial charge on any atom is 0.308 e. The molecule has 6 nitrogen and oxygen atoms in total. The van der Waals surface area contributed by atoms with Crippen LogP contribution in [0.3, 0.4) is 0 Å². The van der Waals surface area contributed by atoms with Crippen molar-refractivity contribution < 1.29 is 19.8 Å². The summed E-state index contributed by atoms with van der Waals surface area (Å²) in [6.45, 7) is 1.88. The first-order valence-electron chi connectivity index (χ1n) is 8.22. The van der Waals surface area contributed by atoms with Gasteiger partial charge in [-0.05, 0) is 53.4 Å². The standard InChI is InChI=1S/C20H18N2O4/c1-12-6-16(22-10-14(20(25)26)8-19(22)24)3-5-17(12)18-4-2-13(9-21)7-15(18)11-23/h2-7,14,23H,8,10-11H2,1H3,(H,25,26). The number of amides is 1. The number of anilines is 1. The van der Waals surface area contributed by atoms with Gasteiger partial charge >= 0.3 is 5.97 Å². The third-order valence-electron chi connectivity index (χ3n) is 4.69. The number of nitriles is 1. The molecule has 0 aromatic heterocycles. The Hall–Kier alpha value is -3.17. The molecule has 132 valence electrons. The molecule has 1 saturated heterocycles. The average molecular weight is 350 g/mol. The minimum Gasteiger partial charge on any atom is -0.481 e. The lowest BCUT2D eigenvalue weighted by molar-refractivity contribution is -0.141. The van der Waals surface area contributed by atoms with Crippen molar-refractivity contribution in [1.82, 2.24) is 0 Å². The molecule has 1 heterocycles. The smallest absolute Gasteiger partial charge is 0.308 e. The van der Waals surface area contributed by atoms with Crippen LogP contribution in [0.15, 0.2) is 36.4 Å². The molecule has 2 N–H and O–H groups in total. The highest BCUT2D eigenvalue weighted by atomic mass is 16.4. The Morgan fingerprint density at radius 2 is 2.00 bits per heavy atom. The van der Waals surface area contributed by atoms with Crippen molar-refractivity contribution in [2.75, 3.05) is 11.4 Å². The Kier molecular flexibility index (Phi) is 4.74. The highest BCUT2D eigenvalue weighted by Crippen LogP contribution is 2.32. The molecular formula is C20H18N2O4. The SMILES string of the molecule is Cc1cc(N2CC(C(=O)O)CC2=O)ccc1-c1ccc(C#N)cc1CO. The molecule has 0 radical (unpaired) electrons.